The highest BCUT2D eigenvalue weighted by molar-refractivity contribution is 7.91. The molecule has 2 aliphatic rings. The minimum absolute atomic E-state index is 0.0484. The molecule has 138 valence electrons. The van der Waals surface area contributed by atoms with Crippen LogP contribution in [0.1, 0.15) is 18.9 Å². The average Bonchev–Trinajstić information content (AvgIpc) is 2.81. The maximum atomic E-state index is 12.3. The summed E-state index contributed by atoms with van der Waals surface area (Å²) in [7, 11) is -3.01. The fraction of sp³-hybridized carbons (Fsp3) is 0.611. The van der Waals surface area contributed by atoms with Gasteiger partial charge in [0.05, 0.1) is 23.6 Å². The number of sulfone groups is 1. The lowest BCUT2D eigenvalue weighted by atomic mass is 10.0. The van der Waals surface area contributed by atoms with E-state index in [2.05, 4.69) is 40.2 Å². The molecule has 3 rings (SSSR count). The van der Waals surface area contributed by atoms with Gasteiger partial charge in [-0.3, -0.25) is 9.69 Å². The van der Waals surface area contributed by atoms with E-state index in [0.29, 0.717) is 13.0 Å². The molecule has 2 aliphatic heterocycles. The van der Waals surface area contributed by atoms with Crippen molar-refractivity contribution in [2.24, 2.45) is 0 Å². The van der Waals surface area contributed by atoms with Crippen molar-refractivity contribution in [3.63, 3.8) is 0 Å². The van der Waals surface area contributed by atoms with Gasteiger partial charge >= 0.3 is 0 Å². The summed E-state index contributed by atoms with van der Waals surface area (Å²) < 4.78 is 23.3. The molecule has 0 bridgehead atoms. The molecule has 1 N–H and O–H groups in total. The van der Waals surface area contributed by atoms with Gasteiger partial charge in [-0.05, 0) is 31.9 Å². The summed E-state index contributed by atoms with van der Waals surface area (Å²) in [6, 6.07) is 8.35. The Kier molecular flexibility index (Phi) is 5.06. The largest absolute Gasteiger partial charge is 0.369 e. The standard InChI is InChI=1S/C18H27N3O3S/c1-15-5-3-4-6-16(15)21-10-8-20(9-11-21)13-17(22)19-18(2)7-12-25(23,24)14-18/h3-6H,7-14H2,1-2H3,(H,19,22)/t18-/m1/s1. The van der Waals surface area contributed by atoms with Gasteiger partial charge in [0.25, 0.3) is 0 Å². The first-order valence-corrected chi connectivity index (χ1v) is 10.6. The number of nitrogens with zero attached hydrogens (tertiary/aromatic N) is 2. The molecule has 0 radical (unpaired) electrons. The third-order valence-electron chi connectivity index (χ3n) is 5.14. The van der Waals surface area contributed by atoms with E-state index in [1.54, 1.807) is 0 Å². The van der Waals surface area contributed by atoms with Crippen molar-refractivity contribution >= 4 is 21.4 Å². The van der Waals surface area contributed by atoms with E-state index in [1.807, 2.05) is 13.0 Å². The van der Waals surface area contributed by atoms with Gasteiger partial charge in [0.2, 0.25) is 5.91 Å². The molecule has 1 atom stereocenters. The van der Waals surface area contributed by atoms with Gasteiger partial charge < -0.3 is 10.2 Å². The molecule has 0 unspecified atom stereocenters. The first-order valence-electron chi connectivity index (χ1n) is 8.81. The summed E-state index contributed by atoms with van der Waals surface area (Å²) in [6.45, 7) is 7.72. The molecule has 25 heavy (non-hydrogen) atoms. The summed E-state index contributed by atoms with van der Waals surface area (Å²) in [6.07, 6.45) is 0.502. The van der Waals surface area contributed by atoms with E-state index in [0.717, 1.165) is 26.2 Å². The van der Waals surface area contributed by atoms with Crippen LogP contribution in [0.3, 0.4) is 0 Å². The maximum absolute atomic E-state index is 12.3. The second-order valence-corrected chi connectivity index (χ2v) is 9.68. The van der Waals surface area contributed by atoms with Crippen LogP contribution in [-0.4, -0.2) is 69.0 Å². The Balaban J connectivity index is 1.49. The quantitative estimate of drug-likeness (QED) is 0.855. The number of piperazine rings is 1. The van der Waals surface area contributed by atoms with Crippen LogP contribution in [0.25, 0.3) is 0 Å². The van der Waals surface area contributed by atoms with Crippen LogP contribution in [0.2, 0.25) is 0 Å². The zero-order valence-electron chi connectivity index (χ0n) is 15.0. The van der Waals surface area contributed by atoms with Crippen LogP contribution in [0.4, 0.5) is 5.69 Å². The van der Waals surface area contributed by atoms with Gasteiger partial charge in [-0.2, -0.15) is 0 Å². The molecule has 2 heterocycles. The second kappa shape index (κ2) is 6.96. The summed E-state index contributed by atoms with van der Waals surface area (Å²) in [4.78, 5) is 16.8. The highest BCUT2D eigenvalue weighted by Gasteiger charge is 2.39. The lowest BCUT2D eigenvalue weighted by Crippen LogP contribution is -2.53. The number of carbonyl (C=O) groups excluding carboxylic acids is 1. The van der Waals surface area contributed by atoms with Crippen LogP contribution in [0.5, 0.6) is 0 Å². The van der Waals surface area contributed by atoms with Crippen molar-refractivity contribution in [3.8, 4) is 0 Å². The first kappa shape index (κ1) is 18.2. The monoisotopic (exact) mass is 365 g/mol. The maximum Gasteiger partial charge on any atom is 0.234 e. The van der Waals surface area contributed by atoms with Crippen molar-refractivity contribution in [2.45, 2.75) is 25.8 Å². The average molecular weight is 365 g/mol. The minimum atomic E-state index is -3.01. The lowest BCUT2D eigenvalue weighted by Gasteiger charge is -2.37. The normalized spacial score (nSPS) is 26.6. The number of nitrogens with one attached hydrogen (secondary N) is 1. The smallest absolute Gasteiger partial charge is 0.234 e. The Bertz CT molecular complexity index is 742. The molecule has 1 amide bonds. The molecule has 0 aliphatic carbocycles. The van der Waals surface area contributed by atoms with Crippen molar-refractivity contribution in [2.75, 3.05) is 49.1 Å². The molecule has 1 aromatic carbocycles. The van der Waals surface area contributed by atoms with E-state index in [9.17, 15) is 13.2 Å². The number of benzene rings is 1. The van der Waals surface area contributed by atoms with E-state index >= 15 is 0 Å². The van der Waals surface area contributed by atoms with Crippen LogP contribution < -0.4 is 10.2 Å². The van der Waals surface area contributed by atoms with Gasteiger partial charge in [0, 0.05) is 31.9 Å². The predicted molar refractivity (Wildman–Crippen MR) is 99.7 cm³/mol. The number of amides is 1. The second-order valence-electron chi connectivity index (χ2n) is 7.50. The molecule has 7 heteroatoms. The number of aryl methyl sites for hydroxylation is 1. The van der Waals surface area contributed by atoms with Gasteiger partial charge in [0.1, 0.15) is 0 Å². The van der Waals surface area contributed by atoms with Crippen molar-refractivity contribution in [3.05, 3.63) is 29.8 Å². The number of para-hydroxylation sites is 1. The minimum Gasteiger partial charge on any atom is -0.369 e. The zero-order chi connectivity index (χ0) is 18.1. The predicted octanol–water partition coefficient (Wildman–Crippen LogP) is 0.810. The van der Waals surface area contributed by atoms with E-state index in [4.69, 9.17) is 0 Å². The van der Waals surface area contributed by atoms with E-state index in [-0.39, 0.29) is 17.4 Å². The topological polar surface area (TPSA) is 69.7 Å². The Hall–Kier alpha value is -1.60. The van der Waals surface area contributed by atoms with Crippen LogP contribution in [0, 0.1) is 6.92 Å². The Morgan fingerprint density at radius 2 is 1.88 bits per heavy atom. The fourth-order valence-corrected chi connectivity index (χ4v) is 5.85. The third-order valence-corrected chi connectivity index (χ3v) is 7.04. The SMILES string of the molecule is Cc1ccccc1N1CCN(CC(=O)N[C@]2(C)CCS(=O)(=O)C2)CC1. The third kappa shape index (κ3) is 4.52. The van der Waals surface area contributed by atoms with Crippen molar-refractivity contribution in [1.82, 2.24) is 10.2 Å². The molecule has 0 saturated carbocycles. The Morgan fingerprint density at radius 1 is 1.20 bits per heavy atom. The molecule has 0 spiro atoms. The lowest BCUT2D eigenvalue weighted by molar-refractivity contribution is -0.123. The highest BCUT2D eigenvalue weighted by atomic mass is 32.2. The molecule has 2 fully saturated rings. The summed E-state index contributed by atoms with van der Waals surface area (Å²) in [5.41, 5.74) is 1.91. The van der Waals surface area contributed by atoms with Crippen LogP contribution >= 0.6 is 0 Å². The number of carbonyl (C=O) groups is 1. The van der Waals surface area contributed by atoms with Gasteiger partial charge in [-0.15, -0.1) is 0 Å². The summed E-state index contributed by atoms with van der Waals surface area (Å²) >= 11 is 0. The van der Waals surface area contributed by atoms with Gasteiger partial charge in [-0.1, -0.05) is 18.2 Å². The molecule has 6 nitrogen and oxygen atoms in total. The summed E-state index contributed by atoms with van der Waals surface area (Å²) in [5, 5.41) is 2.94. The molecule has 0 aromatic heterocycles. The van der Waals surface area contributed by atoms with E-state index in [1.165, 1.54) is 11.3 Å². The number of hydrogen-bond acceptors (Lipinski definition) is 5. The van der Waals surface area contributed by atoms with E-state index < -0.39 is 15.4 Å². The summed E-state index contributed by atoms with van der Waals surface area (Å²) in [5.74, 6) is 0.134. The van der Waals surface area contributed by atoms with Crippen LogP contribution in [-0.2, 0) is 14.6 Å². The van der Waals surface area contributed by atoms with Crippen LogP contribution in [0.15, 0.2) is 24.3 Å². The molecule has 2 saturated heterocycles. The van der Waals surface area contributed by atoms with Gasteiger partial charge in [-0.25, -0.2) is 8.42 Å². The Labute approximate surface area is 150 Å². The molecular weight excluding hydrogens is 338 g/mol. The molecular formula is C18H27N3O3S. The highest BCUT2D eigenvalue weighted by Crippen LogP contribution is 2.23. The van der Waals surface area contributed by atoms with Gasteiger partial charge in [0.15, 0.2) is 9.84 Å². The number of hydrogen-bond donors (Lipinski definition) is 1. The fourth-order valence-electron chi connectivity index (χ4n) is 3.75. The number of rotatable bonds is 4. The van der Waals surface area contributed by atoms with Crippen molar-refractivity contribution in [1.29, 1.82) is 0 Å². The molecule has 1 aromatic rings. The first-order chi connectivity index (χ1) is 11.8. The van der Waals surface area contributed by atoms with Crippen molar-refractivity contribution < 1.29 is 13.2 Å². The number of anilines is 1. The zero-order valence-corrected chi connectivity index (χ0v) is 15.8. The Morgan fingerprint density at radius 3 is 2.48 bits per heavy atom.